The molecule has 0 aliphatic heterocycles. The molecule has 0 atom stereocenters. The van der Waals surface area contributed by atoms with E-state index in [0.717, 1.165) is 23.9 Å². The minimum atomic E-state index is -0.307. The maximum absolute atomic E-state index is 12.0. The quantitative estimate of drug-likeness (QED) is 0.828. The molecule has 1 aliphatic carbocycles. The first-order valence-corrected chi connectivity index (χ1v) is 7.96. The average Bonchev–Trinajstić information content (AvgIpc) is 3.29. The standard InChI is InChI=1S/C17H21N3O3/c1-11(2)23-16(21)10-20-14-6-4-3-5-13(14)19-15(20)9-18-17(22)12-7-8-12/h3-6,11-12H,7-10H2,1-2H3,(H,18,22). The van der Waals surface area contributed by atoms with Gasteiger partial charge in [0, 0.05) is 5.92 Å². The number of carbonyl (C=O) groups excluding carboxylic acids is 2. The van der Waals surface area contributed by atoms with Crippen LogP contribution in [0.25, 0.3) is 11.0 Å². The summed E-state index contributed by atoms with van der Waals surface area (Å²) in [5.41, 5.74) is 1.67. The summed E-state index contributed by atoms with van der Waals surface area (Å²) in [4.78, 5) is 28.4. The molecule has 1 saturated carbocycles. The third-order valence-corrected chi connectivity index (χ3v) is 3.76. The zero-order chi connectivity index (χ0) is 16.4. The third kappa shape index (κ3) is 3.70. The van der Waals surface area contributed by atoms with E-state index < -0.39 is 0 Å². The Balaban J connectivity index is 1.81. The number of hydrogen-bond acceptors (Lipinski definition) is 4. The molecule has 6 nitrogen and oxygen atoms in total. The van der Waals surface area contributed by atoms with Gasteiger partial charge in [-0.2, -0.15) is 0 Å². The van der Waals surface area contributed by atoms with Gasteiger partial charge in [-0.05, 0) is 38.8 Å². The van der Waals surface area contributed by atoms with Crippen LogP contribution in [0.5, 0.6) is 0 Å². The predicted molar refractivity (Wildman–Crippen MR) is 85.5 cm³/mol. The summed E-state index contributed by atoms with van der Waals surface area (Å²) in [5.74, 6) is 0.575. The minimum absolute atomic E-state index is 0.0633. The number of aromatic nitrogens is 2. The van der Waals surface area contributed by atoms with Crippen LogP contribution in [0.4, 0.5) is 0 Å². The number of imidazole rings is 1. The molecule has 0 bridgehead atoms. The fourth-order valence-corrected chi connectivity index (χ4v) is 2.52. The van der Waals surface area contributed by atoms with Crippen LogP contribution in [0.1, 0.15) is 32.5 Å². The predicted octanol–water partition coefficient (Wildman–Crippen LogP) is 2.01. The summed E-state index contributed by atoms with van der Waals surface area (Å²) in [6, 6.07) is 7.61. The number of rotatable bonds is 6. The number of nitrogens with zero attached hydrogens (tertiary/aromatic N) is 2. The van der Waals surface area contributed by atoms with Crippen molar-refractivity contribution >= 4 is 22.9 Å². The van der Waals surface area contributed by atoms with Crippen molar-refractivity contribution in [1.82, 2.24) is 14.9 Å². The van der Waals surface area contributed by atoms with Crippen molar-refractivity contribution in [2.75, 3.05) is 0 Å². The molecule has 0 spiro atoms. The maximum atomic E-state index is 12.0. The number of fused-ring (bicyclic) bond motifs is 1. The Bertz CT molecular complexity index is 732. The monoisotopic (exact) mass is 315 g/mol. The first-order valence-electron chi connectivity index (χ1n) is 7.96. The van der Waals surface area contributed by atoms with Crippen LogP contribution in [0.2, 0.25) is 0 Å². The summed E-state index contributed by atoms with van der Waals surface area (Å²) in [5, 5.41) is 2.90. The molecule has 3 rings (SSSR count). The molecule has 1 fully saturated rings. The van der Waals surface area contributed by atoms with Crippen molar-refractivity contribution in [2.24, 2.45) is 5.92 Å². The van der Waals surface area contributed by atoms with E-state index in [4.69, 9.17) is 4.74 Å². The molecule has 0 saturated heterocycles. The topological polar surface area (TPSA) is 73.2 Å². The summed E-state index contributed by atoms with van der Waals surface area (Å²) < 4.78 is 7.04. The minimum Gasteiger partial charge on any atom is -0.462 e. The number of amides is 1. The molecular weight excluding hydrogens is 294 g/mol. The molecule has 1 N–H and O–H groups in total. The number of nitrogens with one attached hydrogen (secondary N) is 1. The largest absolute Gasteiger partial charge is 0.462 e. The molecule has 1 aromatic carbocycles. The third-order valence-electron chi connectivity index (χ3n) is 3.76. The van der Waals surface area contributed by atoms with Crippen molar-refractivity contribution in [1.29, 1.82) is 0 Å². The van der Waals surface area contributed by atoms with Gasteiger partial charge in [-0.15, -0.1) is 0 Å². The Morgan fingerprint density at radius 3 is 2.78 bits per heavy atom. The molecule has 122 valence electrons. The normalized spacial score (nSPS) is 14.2. The van der Waals surface area contributed by atoms with Crippen molar-refractivity contribution in [2.45, 2.75) is 45.9 Å². The second-order valence-electron chi connectivity index (χ2n) is 6.13. The summed E-state index contributed by atoms with van der Waals surface area (Å²) in [6.07, 6.45) is 1.77. The Morgan fingerprint density at radius 1 is 1.35 bits per heavy atom. The molecule has 23 heavy (non-hydrogen) atoms. The van der Waals surface area contributed by atoms with E-state index in [1.54, 1.807) is 0 Å². The Morgan fingerprint density at radius 2 is 2.09 bits per heavy atom. The molecule has 1 aromatic heterocycles. The van der Waals surface area contributed by atoms with E-state index in [-0.39, 0.29) is 30.4 Å². The second kappa shape index (κ2) is 6.40. The van der Waals surface area contributed by atoms with Crippen molar-refractivity contribution in [3.8, 4) is 0 Å². The van der Waals surface area contributed by atoms with E-state index in [9.17, 15) is 9.59 Å². The molecule has 1 amide bonds. The van der Waals surface area contributed by atoms with Crippen LogP contribution in [-0.4, -0.2) is 27.5 Å². The van der Waals surface area contributed by atoms with Gasteiger partial charge in [-0.1, -0.05) is 12.1 Å². The molecule has 0 unspecified atom stereocenters. The van der Waals surface area contributed by atoms with Crippen LogP contribution in [-0.2, 0) is 27.4 Å². The highest BCUT2D eigenvalue weighted by atomic mass is 16.5. The van der Waals surface area contributed by atoms with Gasteiger partial charge >= 0.3 is 5.97 Å². The first-order chi connectivity index (χ1) is 11.0. The Kier molecular flexibility index (Phi) is 4.32. The first kappa shape index (κ1) is 15.5. The molecular formula is C17H21N3O3. The zero-order valence-corrected chi connectivity index (χ0v) is 13.4. The average molecular weight is 315 g/mol. The number of esters is 1. The van der Waals surface area contributed by atoms with Gasteiger partial charge in [0.1, 0.15) is 12.4 Å². The van der Waals surface area contributed by atoms with E-state index in [2.05, 4.69) is 10.3 Å². The SMILES string of the molecule is CC(C)OC(=O)Cn1c(CNC(=O)C2CC2)nc2ccccc21. The summed E-state index contributed by atoms with van der Waals surface area (Å²) in [7, 11) is 0. The van der Waals surface area contributed by atoms with Crippen molar-refractivity contribution < 1.29 is 14.3 Å². The molecule has 6 heteroatoms. The summed E-state index contributed by atoms with van der Waals surface area (Å²) in [6.45, 7) is 4.05. The highest BCUT2D eigenvalue weighted by molar-refractivity contribution is 5.81. The zero-order valence-electron chi connectivity index (χ0n) is 13.4. The molecule has 1 heterocycles. The molecule has 0 radical (unpaired) electrons. The lowest BCUT2D eigenvalue weighted by Gasteiger charge is -2.12. The van der Waals surface area contributed by atoms with Crippen molar-refractivity contribution in [3.63, 3.8) is 0 Å². The Labute approximate surface area is 134 Å². The lowest BCUT2D eigenvalue weighted by molar-refractivity contribution is -0.148. The van der Waals surface area contributed by atoms with Crippen LogP contribution in [0.3, 0.4) is 0 Å². The van der Waals surface area contributed by atoms with Gasteiger partial charge in [-0.3, -0.25) is 9.59 Å². The lowest BCUT2D eigenvalue weighted by Crippen LogP contribution is -2.27. The van der Waals surface area contributed by atoms with Crippen LogP contribution in [0.15, 0.2) is 24.3 Å². The molecule has 2 aromatic rings. The van der Waals surface area contributed by atoms with Crippen molar-refractivity contribution in [3.05, 3.63) is 30.1 Å². The van der Waals surface area contributed by atoms with E-state index >= 15 is 0 Å². The van der Waals surface area contributed by atoms with Crippen LogP contribution in [0, 0.1) is 5.92 Å². The van der Waals surface area contributed by atoms with Gasteiger partial charge in [0.15, 0.2) is 0 Å². The number of ether oxygens (including phenoxy) is 1. The van der Waals surface area contributed by atoms with Gasteiger partial charge in [0.25, 0.3) is 0 Å². The maximum Gasteiger partial charge on any atom is 0.326 e. The van der Waals surface area contributed by atoms with Gasteiger partial charge < -0.3 is 14.6 Å². The van der Waals surface area contributed by atoms with Crippen LogP contribution >= 0.6 is 0 Å². The molecule has 1 aliphatic rings. The number of para-hydroxylation sites is 2. The Hall–Kier alpha value is -2.37. The second-order valence-corrected chi connectivity index (χ2v) is 6.13. The van der Waals surface area contributed by atoms with Gasteiger partial charge in [-0.25, -0.2) is 4.98 Å². The fraction of sp³-hybridized carbons (Fsp3) is 0.471. The van der Waals surface area contributed by atoms with Gasteiger partial charge in [0.2, 0.25) is 5.91 Å². The summed E-state index contributed by atoms with van der Waals surface area (Å²) >= 11 is 0. The van der Waals surface area contributed by atoms with Crippen LogP contribution < -0.4 is 5.32 Å². The van der Waals surface area contributed by atoms with E-state index in [1.807, 2.05) is 42.7 Å². The number of benzene rings is 1. The van der Waals surface area contributed by atoms with Gasteiger partial charge in [0.05, 0.1) is 23.7 Å². The number of carbonyl (C=O) groups is 2. The highest BCUT2D eigenvalue weighted by Crippen LogP contribution is 2.28. The van der Waals surface area contributed by atoms with E-state index in [1.165, 1.54) is 0 Å². The smallest absolute Gasteiger partial charge is 0.326 e. The van der Waals surface area contributed by atoms with E-state index in [0.29, 0.717) is 12.4 Å². The highest BCUT2D eigenvalue weighted by Gasteiger charge is 2.29. The number of hydrogen-bond donors (Lipinski definition) is 1. The fourth-order valence-electron chi connectivity index (χ4n) is 2.52. The lowest BCUT2D eigenvalue weighted by atomic mass is 10.3.